The Morgan fingerprint density at radius 1 is 0.679 bits per heavy atom. The normalized spacial score (nSPS) is 42.5. The number of rotatable bonds is 15. The average Bonchev–Trinajstić information content (AvgIpc) is 3.38. The van der Waals surface area contributed by atoms with Gasteiger partial charge in [0.15, 0.2) is 24.7 Å². The minimum absolute atomic E-state index is 0.00729. The van der Waals surface area contributed by atoms with Crippen molar-refractivity contribution in [1.29, 1.82) is 0 Å². The number of allylic oxidation sites excluding steroid dienone is 4. The first-order chi connectivity index (χ1) is 36.8. The zero-order valence-electron chi connectivity index (χ0n) is 47.9. The highest BCUT2D eigenvalue weighted by Gasteiger charge is 2.49. The van der Waals surface area contributed by atoms with Crippen LogP contribution in [0.1, 0.15) is 152 Å². The van der Waals surface area contributed by atoms with Gasteiger partial charge < -0.3 is 93.7 Å². The highest BCUT2D eigenvalue weighted by Crippen LogP contribution is 2.40. The summed E-state index contributed by atoms with van der Waals surface area (Å²) in [6.45, 7) is 16.3. The first-order valence-corrected chi connectivity index (χ1v) is 29.0. The van der Waals surface area contributed by atoms with E-state index < -0.39 is 158 Å². The standard InChI is InChI=1S/C58H100O20/c1-31(2)22-47(76-53-29-49(57(68)38(9)73-53)77-51-27-45(63)55(66)36(7)71-51)34(5)54(65)33(4)43(61)26-46-32(3)18-14-11-12-15-19-39(59)23-41(74-52-28-48(70-10)56(67)37(8)72-52)24-42-25-44(62)35(6)58(69,78-42)30-40(60)20-16-13-17-21-50(64)75-46/h11-12,14-15,18-19,31-49,51-57,59-63,65-69H,13,16-17,20-30H2,1-10H3. The summed E-state index contributed by atoms with van der Waals surface area (Å²) in [7, 11) is 1.50. The highest BCUT2D eigenvalue weighted by molar-refractivity contribution is 5.69. The molecular weight excluding hydrogens is 1020 g/mol. The van der Waals surface area contributed by atoms with Gasteiger partial charge in [0.05, 0.1) is 85.5 Å². The molecule has 20 nitrogen and oxygen atoms in total. The maximum atomic E-state index is 13.5. The largest absolute Gasteiger partial charge is 0.462 e. The molecule has 5 aliphatic heterocycles. The van der Waals surface area contributed by atoms with E-state index in [2.05, 4.69) is 0 Å². The number of esters is 1. The molecule has 26 atom stereocenters. The number of methoxy groups -OCH3 is 1. The summed E-state index contributed by atoms with van der Waals surface area (Å²) in [4.78, 5) is 13.5. The summed E-state index contributed by atoms with van der Waals surface area (Å²) < 4.78 is 54.9. The van der Waals surface area contributed by atoms with Crippen LogP contribution in [0.4, 0.5) is 0 Å². The molecule has 26 unspecified atom stereocenters. The fourth-order valence-electron chi connectivity index (χ4n) is 11.5. The lowest BCUT2D eigenvalue weighted by atomic mass is 9.81. The Kier molecular flexibility index (Phi) is 27.0. The van der Waals surface area contributed by atoms with E-state index in [-0.39, 0.29) is 69.6 Å². The van der Waals surface area contributed by atoms with E-state index in [9.17, 15) is 55.9 Å². The number of cyclic esters (lactones) is 1. The van der Waals surface area contributed by atoms with Crippen LogP contribution in [0.15, 0.2) is 36.5 Å². The average molecular weight is 1120 g/mol. The van der Waals surface area contributed by atoms with Crippen molar-refractivity contribution < 1.29 is 98.5 Å². The van der Waals surface area contributed by atoms with Crippen LogP contribution in [0.3, 0.4) is 0 Å². The Morgan fingerprint density at radius 3 is 1.95 bits per heavy atom. The molecule has 5 heterocycles. The Labute approximate surface area is 463 Å². The molecule has 4 saturated heterocycles. The van der Waals surface area contributed by atoms with Crippen LogP contribution >= 0.6 is 0 Å². The van der Waals surface area contributed by atoms with E-state index in [0.29, 0.717) is 32.1 Å². The van der Waals surface area contributed by atoms with Crippen molar-refractivity contribution in [3.63, 3.8) is 0 Å². The Hall–Kier alpha value is -2.03. The Balaban J connectivity index is 1.27. The van der Waals surface area contributed by atoms with Crippen LogP contribution < -0.4 is 0 Å². The lowest BCUT2D eigenvalue weighted by Crippen LogP contribution is -2.55. The topological polar surface area (TPSA) is 302 Å². The second-order valence-electron chi connectivity index (χ2n) is 23.8. The number of hydrogen-bond donors (Lipinski definition) is 10. The molecule has 20 heteroatoms. The predicted octanol–water partition coefficient (Wildman–Crippen LogP) is 3.98. The number of aliphatic hydroxyl groups excluding tert-OH is 9. The van der Waals surface area contributed by atoms with Gasteiger partial charge in [0.25, 0.3) is 0 Å². The number of ether oxygens (including phenoxy) is 9. The van der Waals surface area contributed by atoms with Crippen LogP contribution in [0, 0.1) is 29.6 Å². The maximum absolute atomic E-state index is 13.5. The Morgan fingerprint density at radius 2 is 1.29 bits per heavy atom. The maximum Gasteiger partial charge on any atom is 0.306 e. The molecule has 78 heavy (non-hydrogen) atoms. The number of hydrogen-bond acceptors (Lipinski definition) is 20. The zero-order valence-corrected chi connectivity index (χ0v) is 47.9. The van der Waals surface area contributed by atoms with Crippen molar-refractivity contribution in [2.45, 2.75) is 287 Å². The molecule has 4 fully saturated rings. The van der Waals surface area contributed by atoms with E-state index in [1.54, 1.807) is 65.0 Å². The van der Waals surface area contributed by atoms with E-state index >= 15 is 0 Å². The summed E-state index contributed by atoms with van der Waals surface area (Å²) in [5.41, 5.74) is 0. The van der Waals surface area contributed by atoms with Gasteiger partial charge in [-0.1, -0.05) is 90.8 Å². The third kappa shape index (κ3) is 19.8. The molecule has 5 aliphatic rings. The molecule has 0 aromatic heterocycles. The number of aliphatic hydroxyl groups is 10. The lowest BCUT2D eigenvalue weighted by molar-refractivity contribution is -0.318. The first-order valence-electron chi connectivity index (χ1n) is 29.0. The van der Waals surface area contributed by atoms with Gasteiger partial charge >= 0.3 is 5.97 Å². The molecule has 0 radical (unpaired) electrons. The zero-order chi connectivity index (χ0) is 57.6. The molecule has 0 aromatic carbocycles. The van der Waals surface area contributed by atoms with Crippen molar-refractivity contribution in [2.75, 3.05) is 7.11 Å². The van der Waals surface area contributed by atoms with Gasteiger partial charge in [-0.3, -0.25) is 4.79 Å². The third-order valence-electron chi connectivity index (χ3n) is 16.8. The van der Waals surface area contributed by atoms with Crippen LogP contribution in [0.2, 0.25) is 0 Å². The van der Waals surface area contributed by atoms with E-state index in [4.69, 9.17) is 42.6 Å². The second kappa shape index (κ2) is 31.6. The molecule has 10 N–H and O–H groups in total. The fourth-order valence-corrected chi connectivity index (χ4v) is 11.5. The Bertz CT molecular complexity index is 1830. The highest BCUT2D eigenvalue weighted by atomic mass is 16.7. The lowest BCUT2D eigenvalue weighted by Gasteiger charge is -2.46. The molecular formula is C58H100O20. The second-order valence-corrected chi connectivity index (χ2v) is 23.8. The summed E-state index contributed by atoms with van der Waals surface area (Å²) in [6, 6.07) is 0. The molecule has 0 saturated carbocycles. The summed E-state index contributed by atoms with van der Waals surface area (Å²) in [5.74, 6) is -4.52. The minimum atomic E-state index is -1.87. The smallest absolute Gasteiger partial charge is 0.306 e. The molecule has 0 aromatic rings. The van der Waals surface area contributed by atoms with Gasteiger partial charge in [-0.25, -0.2) is 0 Å². The van der Waals surface area contributed by atoms with Crippen LogP contribution in [-0.2, 0) is 47.4 Å². The van der Waals surface area contributed by atoms with Crippen LogP contribution in [0.25, 0.3) is 0 Å². The molecule has 0 spiro atoms. The fraction of sp³-hybridized carbons (Fsp3) is 0.879. The van der Waals surface area contributed by atoms with Gasteiger partial charge in [-0.05, 0) is 46.0 Å². The van der Waals surface area contributed by atoms with Crippen molar-refractivity contribution in [1.82, 2.24) is 0 Å². The van der Waals surface area contributed by atoms with Crippen molar-refractivity contribution in [2.24, 2.45) is 29.6 Å². The van der Waals surface area contributed by atoms with Gasteiger partial charge in [0.1, 0.15) is 24.4 Å². The van der Waals surface area contributed by atoms with E-state index in [1.165, 1.54) is 7.11 Å². The van der Waals surface area contributed by atoms with Crippen molar-refractivity contribution in [3.8, 4) is 0 Å². The predicted molar refractivity (Wildman–Crippen MR) is 286 cm³/mol. The number of carbonyl (C=O) groups is 1. The van der Waals surface area contributed by atoms with Crippen LogP contribution in [-0.4, -0.2) is 199 Å². The summed E-state index contributed by atoms with van der Waals surface area (Å²) >= 11 is 0. The minimum Gasteiger partial charge on any atom is -0.462 e. The molecule has 0 aliphatic carbocycles. The molecule has 0 amide bonds. The number of carbonyl (C=O) groups excluding carboxylic acids is 1. The summed E-state index contributed by atoms with van der Waals surface area (Å²) in [6.07, 6.45) is -4.10. The van der Waals surface area contributed by atoms with E-state index in [1.807, 2.05) is 33.8 Å². The quantitative estimate of drug-likeness (QED) is 0.104. The van der Waals surface area contributed by atoms with Crippen molar-refractivity contribution in [3.05, 3.63) is 36.5 Å². The third-order valence-corrected chi connectivity index (χ3v) is 16.8. The molecule has 5 rings (SSSR count). The summed E-state index contributed by atoms with van der Waals surface area (Å²) in [5, 5.41) is 111. The van der Waals surface area contributed by atoms with Gasteiger partial charge in [-0.2, -0.15) is 0 Å². The van der Waals surface area contributed by atoms with E-state index in [0.717, 1.165) is 0 Å². The number of fused-ring (bicyclic) bond motifs is 2. The first kappa shape index (κ1) is 66.8. The SMILES string of the molecule is COC1CC(OC2CC(O)C=CC=CC=CC(C)C(CC(O)C(C)C(O)C(C)C(CC(C)C)OC3CC(OC4CC(O)C(O)C(C)O4)C(O)C(C)O3)OC(=O)CCCCCC(O)CC3(O)OC(C2)CC(O)C3C)OC(C)C1O. The van der Waals surface area contributed by atoms with Crippen LogP contribution in [0.5, 0.6) is 0 Å². The molecule has 452 valence electrons. The van der Waals surface area contributed by atoms with Gasteiger partial charge in [0.2, 0.25) is 0 Å². The van der Waals surface area contributed by atoms with Gasteiger partial charge in [0, 0.05) is 88.6 Å². The monoisotopic (exact) mass is 1120 g/mol. The molecule has 2 bridgehead atoms. The van der Waals surface area contributed by atoms with Crippen molar-refractivity contribution >= 4 is 5.97 Å². The van der Waals surface area contributed by atoms with Gasteiger partial charge in [-0.15, -0.1) is 0 Å².